The minimum atomic E-state index is 0.000116. The Bertz CT molecular complexity index is 1090. The molecule has 0 atom stereocenters. The molecule has 5 nitrogen and oxygen atoms in total. The van der Waals surface area contributed by atoms with Crippen molar-refractivity contribution in [2.24, 2.45) is 0 Å². The van der Waals surface area contributed by atoms with Crippen LogP contribution in [0.2, 0.25) is 5.02 Å². The molecule has 2 aromatic carbocycles. The molecule has 7 heteroatoms. The minimum absolute atomic E-state index is 0.000116. The second kappa shape index (κ2) is 8.47. The van der Waals surface area contributed by atoms with Gasteiger partial charge in [-0.1, -0.05) is 29.8 Å². The maximum Gasteiger partial charge on any atom is 0.262 e. The number of anilines is 1. The van der Waals surface area contributed by atoms with Crippen LogP contribution in [0.5, 0.6) is 0 Å². The molecule has 0 aliphatic carbocycles. The number of aromatic nitrogens is 2. The number of piperazine rings is 1. The van der Waals surface area contributed by atoms with Gasteiger partial charge < -0.3 is 14.8 Å². The average molecular weight is 416 g/mol. The van der Waals surface area contributed by atoms with Gasteiger partial charge in [-0.2, -0.15) is 0 Å². The first-order valence-electron chi connectivity index (χ1n) is 9.68. The number of H-pyrrole nitrogens is 1. The minimum Gasteiger partial charge on any atom is -0.360 e. The molecule has 1 aliphatic rings. The molecule has 1 aromatic heterocycles. The number of rotatable bonds is 5. The van der Waals surface area contributed by atoms with E-state index >= 15 is 0 Å². The van der Waals surface area contributed by atoms with Crippen LogP contribution < -0.4 is 15.4 Å². The Kier molecular flexibility index (Phi) is 5.80. The predicted molar refractivity (Wildman–Crippen MR) is 117 cm³/mol. The summed E-state index contributed by atoms with van der Waals surface area (Å²) in [6, 6.07) is 15.6. The van der Waals surface area contributed by atoms with Crippen LogP contribution in [-0.4, -0.2) is 42.3 Å². The summed E-state index contributed by atoms with van der Waals surface area (Å²) in [5.74, 6) is 0. The van der Waals surface area contributed by atoms with Gasteiger partial charge in [-0.25, -0.2) is 0 Å². The van der Waals surface area contributed by atoms with E-state index in [1.54, 1.807) is 9.47 Å². The van der Waals surface area contributed by atoms with Crippen molar-refractivity contribution in [3.63, 3.8) is 0 Å². The van der Waals surface area contributed by atoms with E-state index in [1.165, 1.54) is 5.69 Å². The lowest BCUT2D eigenvalue weighted by atomic mass is 10.2. The quantitative estimate of drug-likeness (QED) is 0.629. The lowest BCUT2D eigenvalue weighted by Crippen LogP contribution is -3.14. The van der Waals surface area contributed by atoms with E-state index in [-0.39, 0.29) is 5.56 Å². The molecule has 3 aromatic rings. The number of nitrogens with zero attached hydrogens (tertiary/aromatic N) is 2. The lowest BCUT2D eigenvalue weighted by Gasteiger charge is -2.33. The van der Waals surface area contributed by atoms with E-state index in [1.807, 2.05) is 42.5 Å². The molecule has 28 heavy (non-hydrogen) atoms. The molecule has 1 aliphatic heterocycles. The first-order valence-corrected chi connectivity index (χ1v) is 10.5. The first kappa shape index (κ1) is 19.2. The zero-order chi connectivity index (χ0) is 19.5. The van der Waals surface area contributed by atoms with Crippen LogP contribution in [0.4, 0.5) is 5.69 Å². The summed E-state index contributed by atoms with van der Waals surface area (Å²) in [5.41, 5.74) is 2.00. The Morgan fingerprint density at radius 1 is 1.11 bits per heavy atom. The van der Waals surface area contributed by atoms with Gasteiger partial charge in [-0.05, 0) is 42.5 Å². The van der Waals surface area contributed by atoms with Crippen LogP contribution in [-0.2, 0) is 6.54 Å². The van der Waals surface area contributed by atoms with E-state index in [0.717, 1.165) is 49.7 Å². The molecular weight excluding hydrogens is 392 g/mol. The Balaban J connectivity index is 1.34. The smallest absolute Gasteiger partial charge is 0.262 e. The highest BCUT2D eigenvalue weighted by Crippen LogP contribution is 2.19. The third-order valence-corrected chi connectivity index (χ3v) is 6.00. The second-order valence-corrected chi connectivity index (χ2v) is 8.08. The van der Waals surface area contributed by atoms with Gasteiger partial charge in [0, 0.05) is 23.7 Å². The number of halogens is 1. The summed E-state index contributed by atoms with van der Waals surface area (Å²) < 4.78 is 2.20. The number of hydrogen-bond acceptors (Lipinski definition) is 3. The van der Waals surface area contributed by atoms with Gasteiger partial charge in [-0.15, -0.1) is 0 Å². The fourth-order valence-corrected chi connectivity index (χ4v) is 4.36. The number of hydrogen-bond donors (Lipinski definition) is 2. The largest absolute Gasteiger partial charge is 0.360 e. The third kappa shape index (κ3) is 4.14. The monoisotopic (exact) mass is 415 g/mol. The fourth-order valence-electron chi connectivity index (χ4n) is 3.89. The van der Waals surface area contributed by atoms with E-state index in [9.17, 15) is 4.79 Å². The van der Waals surface area contributed by atoms with Crippen LogP contribution in [0, 0.1) is 4.77 Å². The molecule has 4 rings (SSSR count). The summed E-state index contributed by atoms with van der Waals surface area (Å²) in [5, 5.41) is 1.48. The van der Waals surface area contributed by atoms with E-state index in [4.69, 9.17) is 23.8 Å². The van der Waals surface area contributed by atoms with Crippen molar-refractivity contribution in [2.75, 3.05) is 37.6 Å². The highest BCUT2D eigenvalue weighted by atomic mass is 35.5. The maximum absolute atomic E-state index is 12.7. The molecule has 0 unspecified atom stereocenters. The molecule has 1 saturated heterocycles. The lowest BCUT2D eigenvalue weighted by molar-refractivity contribution is -0.900. The molecule has 0 saturated carbocycles. The topological polar surface area (TPSA) is 45.5 Å². The summed E-state index contributed by atoms with van der Waals surface area (Å²) in [6.07, 6.45) is 0.933. The first-order chi connectivity index (χ1) is 13.6. The Morgan fingerprint density at radius 3 is 2.68 bits per heavy atom. The van der Waals surface area contributed by atoms with E-state index in [0.29, 0.717) is 16.7 Å². The van der Waals surface area contributed by atoms with Crippen molar-refractivity contribution in [1.82, 2.24) is 9.55 Å². The normalized spacial score (nSPS) is 15.2. The van der Waals surface area contributed by atoms with Crippen molar-refractivity contribution < 1.29 is 4.90 Å². The standard InChI is InChI=1S/C21H23ClN4OS/c22-16-5-3-6-17(15-16)25-13-11-24(12-14-25)9-4-10-26-20(27)18-7-1-2-8-19(18)23-21(26)28/h1-3,5-8,15H,4,9-14H2,(H,23,28)/p+1. The molecule has 146 valence electrons. The van der Waals surface area contributed by atoms with Gasteiger partial charge in [0.2, 0.25) is 0 Å². The Hall–Kier alpha value is -2.15. The van der Waals surface area contributed by atoms with Crippen LogP contribution in [0.3, 0.4) is 0 Å². The van der Waals surface area contributed by atoms with Gasteiger partial charge in [0.05, 0.1) is 43.6 Å². The molecule has 0 amide bonds. The van der Waals surface area contributed by atoms with Crippen molar-refractivity contribution >= 4 is 40.4 Å². The zero-order valence-electron chi connectivity index (χ0n) is 15.7. The summed E-state index contributed by atoms with van der Waals surface area (Å²) >= 11 is 11.5. The SMILES string of the molecule is O=c1c2ccccc2[nH]c(=S)n1CCC[NH+]1CCN(c2cccc(Cl)c2)CC1. The third-order valence-electron chi connectivity index (χ3n) is 5.45. The molecule has 0 radical (unpaired) electrons. The van der Waals surface area contributed by atoms with E-state index in [2.05, 4.69) is 16.0 Å². The van der Waals surface area contributed by atoms with Crippen LogP contribution in [0.1, 0.15) is 6.42 Å². The number of fused-ring (bicyclic) bond motifs is 1. The molecular formula is C21H24ClN4OS+. The van der Waals surface area contributed by atoms with Crippen molar-refractivity contribution in [3.05, 3.63) is 68.7 Å². The maximum atomic E-state index is 12.7. The zero-order valence-corrected chi connectivity index (χ0v) is 17.2. The Labute approximate surface area is 174 Å². The number of nitrogens with one attached hydrogen (secondary N) is 2. The molecule has 1 fully saturated rings. The van der Waals surface area contributed by atoms with Gasteiger partial charge >= 0.3 is 0 Å². The van der Waals surface area contributed by atoms with Gasteiger partial charge in [0.1, 0.15) is 0 Å². The molecule has 0 spiro atoms. The van der Waals surface area contributed by atoms with Crippen LogP contribution in [0.15, 0.2) is 53.3 Å². The highest BCUT2D eigenvalue weighted by molar-refractivity contribution is 7.71. The summed E-state index contributed by atoms with van der Waals surface area (Å²) in [6.45, 7) is 5.91. The van der Waals surface area contributed by atoms with Gasteiger partial charge in [0.25, 0.3) is 5.56 Å². The average Bonchev–Trinajstić information content (AvgIpc) is 2.71. The van der Waals surface area contributed by atoms with Crippen molar-refractivity contribution in [1.29, 1.82) is 0 Å². The number of aromatic amines is 1. The van der Waals surface area contributed by atoms with Crippen LogP contribution >= 0.6 is 23.8 Å². The van der Waals surface area contributed by atoms with E-state index < -0.39 is 0 Å². The predicted octanol–water partition coefficient (Wildman–Crippen LogP) is 2.51. The fraction of sp³-hybridized carbons (Fsp3) is 0.333. The summed E-state index contributed by atoms with van der Waals surface area (Å²) in [7, 11) is 0. The number of benzene rings is 2. The van der Waals surface area contributed by atoms with Crippen LogP contribution in [0.25, 0.3) is 10.9 Å². The highest BCUT2D eigenvalue weighted by Gasteiger charge is 2.20. The van der Waals surface area contributed by atoms with Gasteiger partial charge in [-0.3, -0.25) is 9.36 Å². The van der Waals surface area contributed by atoms with Gasteiger partial charge in [0.15, 0.2) is 4.77 Å². The molecule has 2 heterocycles. The molecule has 0 bridgehead atoms. The number of para-hydroxylation sites is 1. The number of quaternary nitrogens is 1. The summed E-state index contributed by atoms with van der Waals surface area (Å²) in [4.78, 5) is 19.8. The molecule has 2 N–H and O–H groups in total. The van der Waals surface area contributed by atoms with Crippen molar-refractivity contribution in [2.45, 2.75) is 13.0 Å². The Morgan fingerprint density at radius 2 is 1.89 bits per heavy atom. The van der Waals surface area contributed by atoms with Crippen molar-refractivity contribution in [3.8, 4) is 0 Å². The second-order valence-electron chi connectivity index (χ2n) is 7.25.